The molecule has 2 aromatic rings. The minimum absolute atomic E-state index is 0.126. The number of ether oxygens (including phenoxy) is 2. The molecule has 1 aromatic carbocycles. The zero-order chi connectivity index (χ0) is 27.7. The fourth-order valence-electron chi connectivity index (χ4n) is 4.89. The minimum atomic E-state index is -0.526. The molecule has 39 heavy (non-hydrogen) atoms. The Morgan fingerprint density at radius 3 is 2.92 bits per heavy atom. The Bertz CT molecular complexity index is 1290. The van der Waals surface area contributed by atoms with Crippen LogP contribution in [0.1, 0.15) is 24.5 Å². The second kappa shape index (κ2) is 11.1. The fourth-order valence-corrected chi connectivity index (χ4v) is 4.89. The number of aromatic nitrogens is 2. The maximum absolute atomic E-state index is 14.8. The first-order valence-electron chi connectivity index (χ1n) is 12.9. The highest BCUT2D eigenvalue weighted by Gasteiger charge is 2.34. The van der Waals surface area contributed by atoms with Gasteiger partial charge in [0.2, 0.25) is 5.91 Å². The van der Waals surface area contributed by atoms with Gasteiger partial charge in [-0.05, 0) is 82.5 Å². The highest BCUT2D eigenvalue weighted by atomic mass is 19.1. The standard InChI is InChI=1S/C26H32FN7O5/c1-14(33(2)3)24(36)30-17-8-16-6-15(7-19(16)20(27)9-17)10-28-5-4-18-12-34(26(37)39-18)21-11-29-25-23(31-21)32-22(35)13-38-25/h8-9,11,14-15,18,28H,4-7,10,12-13H2,1-3H3,(H,30,36)(H,31,32,35)/t14?,15?,18-/m0/s1. The molecule has 1 fully saturated rings. The van der Waals surface area contributed by atoms with Crippen molar-refractivity contribution in [3.8, 4) is 5.88 Å². The number of fused-ring (bicyclic) bond motifs is 2. The molecule has 3 heterocycles. The minimum Gasteiger partial charge on any atom is -0.465 e. The molecule has 13 heteroatoms. The van der Waals surface area contributed by atoms with E-state index in [1.54, 1.807) is 11.8 Å². The van der Waals surface area contributed by atoms with Gasteiger partial charge >= 0.3 is 6.09 Å². The first kappa shape index (κ1) is 26.8. The van der Waals surface area contributed by atoms with E-state index in [0.717, 1.165) is 12.0 Å². The van der Waals surface area contributed by atoms with Crippen molar-refractivity contribution in [2.24, 2.45) is 5.92 Å². The van der Waals surface area contributed by atoms with E-state index in [-0.39, 0.29) is 59.8 Å². The molecule has 3 atom stereocenters. The number of anilines is 3. The Balaban J connectivity index is 1.08. The lowest BCUT2D eigenvalue weighted by Crippen LogP contribution is -2.37. The number of cyclic esters (lactones) is 1. The molecule has 5 rings (SSSR count). The highest BCUT2D eigenvalue weighted by Crippen LogP contribution is 2.32. The quantitative estimate of drug-likeness (QED) is 0.404. The number of amides is 3. The molecule has 3 N–H and O–H groups in total. The molecule has 1 aromatic heterocycles. The molecule has 2 aliphatic heterocycles. The fraction of sp³-hybridized carbons (Fsp3) is 0.500. The van der Waals surface area contributed by atoms with Gasteiger partial charge < -0.3 is 25.4 Å². The normalized spacial score (nSPS) is 20.7. The van der Waals surface area contributed by atoms with E-state index in [2.05, 4.69) is 25.9 Å². The van der Waals surface area contributed by atoms with E-state index in [4.69, 9.17) is 9.47 Å². The van der Waals surface area contributed by atoms with E-state index in [9.17, 15) is 18.8 Å². The van der Waals surface area contributed by atoms with Crippen LogP contribution in [0.5, 0.6) is 5.88 Å². The van der Waals surface area contributed by atoms with Crippen LogP contribution in [-0.4, -0.2) is 85.3 Å². The average Bonchev–Trinajstić information content (AvgIpc) is 3.48. The monoisotopic (exact) mass is 541 g/mol. The Morgan fingerprint density at radius 2 is 2.13 bits per heavy atom. The molecule has 0 radical (unpaired) electrons. The zero-order valence-corrected chi connectivity index (χ0v) is 22.1. The van der Waals surface area contributed by atoms with Gasteiger partial charge in [-0.25, -0.2) is 19.2 Å². The maximum atomic E-state index is 14.8. The summed E-state index contributed by atoms with van der Waals surface area (Å²) in [4.78, 5) is 47.9. The van der Waals surface area contributed by atoms with Gasteiger partial charge in [0, 0.05) is 5.69 Å². The lowest BCUT2D eigenvalue weighted by atomic mass is 10.1. The number of nitrogens with zero attached hydrogens (tertiary/aromatic N) is 4. The third-order valence-corrected chi connectivity index (χ3v) is 7.26. The number of benzene rings is 1. The van der Waals surface area contributed by atoms with Crippen LogP contribution in [0.2, 0.25) is 0 Å². The number of carbonyl (C=O) groups is 3. The second-order valence-corrected chi connectivity index (χ2v) is 10.3. The molecule has 12 nitrogen and oxygen atoms in total. The lowest BCUT2D eigenvalue weighted by molar-refractivity contribution is -0.120. The lowest BCUT2D eigenvalue weighted by Gasteiger charge is -2.19. The first-order chi connectivity index (χ1) is 18.7. The van der Waals surface area contributed by atoms with Crippen molar-refractivity contribution in [3.05, 3.63) is 35.3 Å². The summed E-state index contributed by atoms with van der Waals surface area (Å²) in [5.41, 5.74) is 2.10. The van der Waals surface area contributed by atoms with E-state index >= 15 is 0 Å². The predicted molar refractivity (Wildman–Crippen MR) is 140 cm³/mol. The summed E-state index contributed by atoms with van der Waals surface area (Å²) in [5, 5.41) is 8.79. The average molecular weight is 542 g/mol. The smallest absolute Gasteiger partial charge is 0.415 e. The molecule has 1 saturated heterocycles. The number of hydrogen-bond donors (Lipinski definition) is 3. The summed E-state index contributed by atoms with van der Waals surface area (Å²) in [6, 6.07) is 2.93. The van der Waals surface area contributed by atoms with Gasteiger partial charge in [0.25, 0.3) is 11.8 Å². The van der Waals surface area contributed by atoms with Crippen molar-refractivity contribution in [2.45, 2.75) is 38.3 Å². The molecule has 1 aliphatic carbocycles. The van der Waals surface area contributed by atoms with Crippen LogP contribution < -0.4 is 25.6 Å². The summed E-state index contributed by atoms with van der Waals surface area (Å²) in [6.07, 6.45) is 2.49. The molecule has 3 aliphatic rings. The van der Waals surface area contributed by atoms with E-state index in [1.165, 1.54) is 17.2 Å². The summed E-state index contributed by atoms with van der Waals surface area (Å²) >= 11 is 0. The number of rotatable bonds is 9. The van der Waals surface area contributed by atoms with Crippen molar-refractivity contribution in [3.63, 3.8) is 0 Å². The van der Waals surface area contributed by atoms with Crippen LogP contribution in [0.25, 0.3) is 0 Å². The van der Waals surface area contributed by atoms with E-state index in [0.29, 0.717) is 43.7 Å². The Labute approximate surface area is 225 Å². The third-order valence-electron chi connectivity index (χ3n) is 7.26. The summed E-state index contributed by atoms with van der Waals surface area (Å²) < 4.78 is 25.5. The van der Waals surface area contributed by atoms with Gasteiger partial charge in [-0.1, -0.05) is 0 Å². The maximum Gasteiger partial charge on any atom is 0.415 e. The number of carbonyl (C=O) groups excluding carboxylic acids is 3. The topological polar surface area (TPSA) is 138 Å². The Morgan fingerprint density at radius 1 is 1.31 bits per heavy atom. The second-order valence-electron chi connectivity index (χ2n) is 10.3. The first-order valence-corrected chi connectivity index (χ1v) is 12.9. The Kier molecular flexibility index (Phi) is 7.62. The van der Waals surface area contributed by atoms with Crippen molar-refractivity contribution in [1.29, 1.82) is 0 Å². The molecule has 0 bridgehead atoms. The number of nitrogens with one attached hydrogen (secondary N) is 3. The van der Waals surface area contributed by atoms with Gasteiger partial charge in [-0.3, -0.25) is 19.4 Å². The van der Waals surface area contributed by atoms with Crippen molar-refractivity contribution in [1.82, 2.24) is 20.2 Å². The highest BCUT2D eigenvalue weighted by molar-refractivity contribution is 5.95. The zero-order valence-electron chi connectivity index (χ0n) is 22.1. The molecular weight excluding hydrogens is 509 g/mol. The summed E-state index contributed by atoms with van der Waals surface area (Å²) in [7, 11) is 3.64. The number of likely N-dealkylation sites (N-methyl/N-ethyl adjacent to an activating group) is 1. The van der Waals surface area contributed by atoms with E-state index < -0.39 is 6.09 Å². The largest absolute Gasteiger partial charge is 0.465 e. The van der Waals surface area contributed by atoms with Crippen molar-refractivity contribution >= 4 is 35.2 Å². The molecule has 0 saturated carbocycles. The van der Waals surface area contributed by atoms with Crippen LogP contribution >= 0.6 is 0 Å². The van der Waals surface area contributed by atoms with Gasteiger partial charge in [0.05, 0.1) is 18.8 Å². The molecule has 3 amide bonds. The predicted octanol–water partition coefficient (Wildman–Crippen LogP) is 1.56. The van der Waals surface area contributed by atoms with Crippen LogP contribution in [-0.2, 0) is 27.2 Å². The van der Waals surface area contributed by atoms with Crippen molar-refractivity contribution < 1.29 is 28.2 Å². The SMILES string of the molecule is CC(C(=O)Nc1cc(F)c2c(c1)CC(CNCC[C@H]1CN(c3cnc4c(n3)NC(=O)CO4)C(=O)O1)C2)N(C)C. The van der Waals surface area contributed by atoms with Gasteiger partial charge in [0.15, 0.2) is 18.2 Å². The van der Waals surface area contributed by atoms with Crippen LogP contribution in [0.3, 0.4) is 0 Å². The molecule has 0 spiro atoms. The van der Waals surface area contributed by atoms with Gasteiger partial charge in [-0.2, -0.15) is 0 Å². The van der Waals surface area contributed by atoms with Crippen molar-refractivity contribution in [2.75, 3.05) is 55.9 Å². The summed E-state index contributed by atoms with van der Waals surface area (Å²) in [6.45, 7) is 3.28. The summed E-state index contributed by atoms with van der Waals surface area (Å²) in [5.74, 6) is 0.0773. The van der Waals surface area contributed by atoms with Crippen LogP contribution in [0, 0.1) is 11.7 Å². The molecular formula is C26H32FN7O5. The number of hydrogen-bond acceptors (Lipinski definition) is 9. The van der Waals surface area contributed by atoms with E-state index in [1.807, 2.05) is 20.2 Å². The van der Waals surface area contributed by atoms with Crippen LogP contribution in [0.4, 0.5) is 26.5 Å². The van der Waals surface area contributed by atoms with Gasteiger partial charge in [0.1, 0.15) is 11.9 Å². The molecule has 208 valence electrons. The number of halogens is 1. The third kappa shape index (κ3) is 5.93. The molecule has 2 unspecified atom stereocenters. The van der Waals surface area contributed by atoms with Crippen LogP contribution in [0.15, 0.2) is 18.3 Å². The van der Waals surface area contributed by atoms with Gasteiger partial charge in [-0.15, -0.1) is 0 Å². The Hall–Kier alpha value is -3.84.